The fraction of sp³-hybridized carbons (Fsp3) is 0.273. The molecule has 0 spiro atoms. The number of benzene rings is 1. The molecule has 0 radical (unpaired) electrons. The number of ether oxygens (including phenoxy) is 2. The van der Waals surface area contributed by atoms with Gasteiger partial charge in [-0.2, -0.15) is 5.26 Å². The number of nitriles is 1. The first kappa shape index (κ1) is 12.0. The van der Waals surface area contributed by atoms with Crippen molar-refractivity contribution in [3.63, 3.8) is 0 Å². The van der Waals surface area contributed by atoms with E-state index in [1.54, 1.807) is 0 Å². The number of hydrogen-bond acceptors (Lipinski definition) is 5. The highest BCUT2D eigenvalue weighted by molar-refractivity contribution is 5.93. The maximum absolute atomic E-state index is 11.4. The molecule has 0 aliphatic heterocycles. The van der Waals surface area contributed by atoms with Gasteiger partial charge in [0.15, 0.2) is 0 Å². The van der Waals surface area contributed by atoms with Crippen LogP contribution in [0.1, 0.15) is 21.5 Å². The first-order valence-corrected chi connectivity index (χ1v) is 4.48. The molecule has 1 aromatic rings. The van der Waals surface area contributed by atoms with Gasteiger partial charge in [-0.3, -0.25) is 0 Å². The third kappa shape index (κ3) is 2.12. The van der Waals surface area contributed by atoms with Crippen molar-refractivity contribution in [1.29, 1.82) is 5.26 Å². The number of nitrogens with zero attached hydrogens (tertiary/aromatic N) is 1. The van der Waals surface area contributed by atoms with Gasteiger partial charge in [-0.25, -0.2) is 4.79 Å². The highest BCUT2D eigenvalue weighted by Crippen LogP contribution is 2.24. The summed E-state index contributed by atoms with van der Waals surface area (Å²) in [5.74, 6) is -0.389. The van der Waals surface area contributed by atoms with Crippen molar-refractivity contribution in [3.8, 4) is 11.8 Å². The number of aliphatic hydroxyl groups excluding tert-OH is 1. The Labute approximate surface area is 92.8 Å². The molecule has 1 aromatic carbocycles. The Morgan fingerprint density at radius 2 is 2.19 bits per heavy atom. The van der Waals surface area contributed by atoms with E-state index in [9.17, 15) is 4.79 Å². The average Bonchev–Trinajstić information content (AvgIpc) is 2.35. The molecule has 0 aromatic heterocycles. The van der Waals surface area contributed by atoms with E-state index in [-0.39, 0.29) is 23.5 Å². The van der Waals surface area contributed by atoms with Crippen molar-refractivity contribution in [2.24, 2.45) is 0 Å². The number of aliphatic hydroxyl groups is 1. The van der Waals surface area contributed by atoms with Crippen LogP contribution in [0.5, 0.6) is 5.75 Å². The Balaban J connectivity index is 3.44. The summed E-state index contributed by atoms with van der Waals surface area (Å²) >= 11 is 0. The van der Waals surface area contributed by atoms with Gasteiger partial charge in [0.05, 0.1) is 26.4 Å². The van der Waals surface area contributed by atoms with Crippen LogP contribution >= 0.6 is 0 Å². The monoisotopic (exact) mass is 221 g/mol. The zero-order valence-corrected chi connectivity index (χ0v) is 8.98. The molecule has 0 amide bonds. The lowest BCUT2D eigenvalue weighted by Crippen LogP contribution is -2.07. The Morgan fingerprint density at radius 3 is 2.62 bits per heavy atom. The van der Waals surface area contributed by atoms with Crippen LogP contribution in [0.3, 0.4) is 0 Å². The predicted octanol–water partition coefficient (Wildman–Crippen LogP) is 0.846. The summed E-state index contributed by atoms with van der Waals surface area (Å²) in [6.45, 7) is -0.244. The van der Waals surface area contributed by atoms with Crippen LogP contribution in [-0.2, 0) is 11.3 Å². The molecular weight excluding hydrogens is 210 g/mol. The highest BCUT2D eigenvalue weighted by atomic mass is 16.5. The molecule has 0 aliphatic carbocycles. The van der Waals surface area contributed by atoms with E-state index in [1.165, 1.54) is 26.4 Å². The van der Waals surface area contributed by atoms with Crippen LogP contribution in [0, 0.1) is 11.3 Å². The molecule has 0 saturated carbocycles. The summed E-state index contributed by atoms with van der Waals surface area (Å²) in [5, 5.41) is 17.9. The topological polar surface area (TPSA) is 79.6 Å². The highest BCUT2D eigenvalue weighted by Gasteiger charge is 2.17. The summed E-state index contributed by atoms with van der Waals surface area (Å²) in [6.07, 6.45) is 0. The molecule has 84 valence electrons. The largest absolute Gasteiger partial charge is 0.495 e. The van der Waals surface area contributed by atoms with Gasteiger partial charge in [-0.15, -0.1) is 0 Å². The fourth-order valence-corrected chi connectivity index (χ4v) is 1.31. The molecule has 0 heterocycles. The van der Waals surface area contributed by atoms with Crippen molar-refractivity contribution >= 4 is 5.97 Å². The summed E-state index contributed by atoms with van der Waals surface area (Å²) in [7, 11) is 2.61. The van der Waals surface area contributed by atoms with Crippen molar-refractivity contribution in [3.05, 3.63) is 28.8 Å². The van der Waals surface area contributed by atoms with E-state index < -0.39 is 5.97 Å². The predicted molar refractivity (Wildman–Crippen MR) is 55.0 cm³/mol. The molecule has 1 N–H and O–H groups in total. The zero-order valence-electron chi connectivity index (χ0n) is 8.98. The number of carbonyl (C=O) groups excluding carboxylic acids is 1. The quantitative estimate of drug-likeness (QED) is 0.765. The van der Waals surface area contributed by atoms with Crippen LogP contribution in [0.15, 0.2) is 12.1 Å². The molecule has 0 aliphatic rings. The van der Waals surface area contributed by atoms with Gasteiger partial charge in [-0.05, 0) is 17.7 Å². The Hall–Kier alpha value is -2.06. The van der Waals surface area contributed by atoms with Gasteiger partial charge in [0.1, 0.15) is 17.4 Å². The third-order valence-corrected chi connectivity index (χ3v) is 2.08. The average molecular weight is 221 g/mol. The number of hydrogen-bond donors (Lipinski definition) is 1. The number of esters is 1. The van der Waals surface area contributed by atoms with Crippen LogP contribution in [0.2, 0.25) is 0 Å². The van der Waals surface area contributed by atoms with E-state index in [4.69, 9.17) is 15.1 Å². The lowest BCUT2D eigenvalue weighted by molar-refractivity contribution is 0.0599. The van der Waals surface area contributed by atoms with Gasteiger partial charge in [0.2, 0.25) is 0 Å². The lowest BCUT2D eigenvalue weighted by atomic mass is 10.0. The Kier molecular flexibility index (Phi) is 3.86. The first-order chi connectivity index (χ1) is 7.67. The minimum absolute atomic E-state index is 0.0911. The second-order valence-electron chi connectivity index (χ2n) is 2.98. The van der Waals surface area contributed by atoms with Gasteiger partial charge in [0, 0.05) is 0 Å². The van der Waals surface area contributed by atoms with Crippen molar-refractivity contribution < 1.29 is 19.4 Å². The standard InChI is InChI=1S/C11H11NO4/c1-15-10-4-7(6-13)3-8(9(10)5-12)11(14)16-2/h3-4,13H,6H2,1-2H3. The fourth-order valence-electron chi connectivity index (χ4n) is 1.31. The molecule has 0 bridgehead atoms. The van der Waals surface area contributed by atoms with E-state index in [2.05, 4.69) is 4.74 Å². The SMILES string of the molecule is COC(=O)c1cc(CO)cc(OC)c1C#N. The Bertz CT molecular complexity index is 448. The maximum atomic E-state index is 11.4. The van der Waals surface area contributed by atoms with Crippen molar-refractivity contribution in [1.82, 2.24) is 0 Å². The van der Waals surface area contributed by atoms with E-state index >= 15 is 0 Å². The molecule has 1 rings (SSSR count). The Morgan fingerprint density at radius 1 is 1.50 bits per heavy atom. The van der Waals surface area contributed by atoms with Crippen molar-refractivity contribution in [2.45, 2.75) is 6.61 Å². The zero-order chi connectivity index (χ0) is 12.1. The maximum Gasteiger partial charge on any atom is 0.339 e. The first-order valence-electron chi connectivity index (χ1n) is 4.48. The second-order valence-corrected chi connectivity index (χ2v) is 2.98. The van der Waals surface area contributed by atoms with Gasteiger partial charge in [0.25, 0.3) is 0 Å². The van der Waals surface area contributed by atoms with Gasteiger partial charge >= 0.3 is 5.97 Å². The minimum atomic E-state index is -0.634. The minimum Gasteiger partial charge on any atom is -0.495 e. The molecule has 16 heavy (non-hydrogen) atoms. The number of carbonyl (C=O) groups is 1. The summed E-state index contributed by atoms with van der Waals surface area (Å²) < 4.78 is 9.52. The van der Waals surface area contributed by atoms with Crippen LogP contribution in [0.4, 0.5) is 0 Å². The third-order valence-electron chi connectivity index (χ3n) is 2.08. The van der Waals surface area contributed by atoms with Crippen LogP contribution in [-0.4, -0.2) is 25.3 Å². The molecule has 0 saturated heterocycles. The molecule has 0 unspecified atom stereocenters. The van der Waals surface area contributed by atoms with Crippen LogP contribution < -0.4 is 4.74 Å². The lowest BCUT2D eigenvalue weighted by Gasteiger charge is -2.09. The molecule has 0 atom stereocenters. The summed E-state index contributed by atoms with van der Waals surface area (Å²) in [6, 6.07) is 4.79. The number of rotatable bonds is 3. The molecular formula is C11H11NO4. The van der Waals surface area contributed by atoms with Gasteiger partial charge in [-0.1, -0.05) is 0 Å². The van der Waals surface area contributed by atoms with E-state index in [1.807, 2.05) is 6.07 Å². The van der Waals surface area contributed by atoms with E-state index in [0.29, 0.717) is 5.56 Å². The molecule has 0 fully saturated rings. The molecule has 5 heteroatoms. The molecule has 5 nitrogen and oxygen atoms in total. The van der Waals surface area contributed by atoms with E-state index in [0.717, 1.165) is 0 Å². The van der Waals surface area contributed by atoms with Crippen LogP contribution in [0.25, 0.3) is 0 Å². The van der Waals surface area contributed by atoms with Crippen molar-refractivity contribution in [2.75, 3.05) is 14.2 Å². The number of methoxy groups -OCH3 is 2. The summed E-state index contributed by atoms with van der Waals surface area (Å²) in [5.41, 5.74) is 0.677. The summed E-state index contributed by atoms with van der Waals surface area (Å²) in [4.78, 5) is 11.4. The second kappa shape index (κ2) is 5.14. The smallest absolute Gasteiger partial charge is 0.339 e. The normalized spacial score (nSPS) is 9.38. The van der Waals surface area contributed by atoms with Gasteiger partial charge < -0.3 is 14.6 Å².